The first-order valence-electron chi connectivity index (χ1n) is 4.57. The van der Waals surface area contributed by atoms with Crippen LogP contribution in [0, 0.1) is 5.92 Å². The van der Waals surface area contributed by atoms with E-state index in [1.54, 1.807) is 0 Å². The van der Waals surface area contributed by atoms with Crippen molar-refractivity contribution in [3.05, 3.63) is 0 Å². The molecule has 8 heteroatoms. The van der Waals surface area contributed by atoms with Gasteiger partial charge in [0.25, 0.3) is 0 Å². The van der Waals surface area contributed by atoms with Gasteiger partial charge in [-0.15, -0.1) is 0 Å². The number of fused-ring (bicyclic) bond motifs is 1. The van der Waals surface area contributed by atoms with E-state index in [2.05, 4.69) is 5.32 Å². The number of carbonyl (C=O) groups is 2. The molecule has 0 aromatic rings. The molecule has 0 aromatic heterocycles. The number of nitrogens with one attached hydrogen (secondary N) is 1. The summed E-state index contributed by atoms with van der Waals surface area (Å²) in [6.07, 6.45) is -2.86. The number of rotatable bonds is 1. The fourth-order valence-corrected chi connectivity index (χ4v) is 1.54. The van der Waals surface area contributed by atoms with Gasteiger partial charge < -0.3 is 16.2 Å². The molecule has 0 radical (unpaired) electrons. The van der Waals surface area contributed by atoms with Gasteiger partial charge in [0.1, 0.15) is 0 Å². The van der Waals surface area contributed by atoms with Gasteiger partial charge >= 0.3 is 12.1 Å². The molecule has 0 spiro atoms. The summed E-state index contributed by atoms with van der Waals surface area (Å²) in [6, 6.07) is 0.608. The maximum Gasteiger partial charge on any atom is 0.490 e. The van der Waals surface area contributed by atoms with Crippen LogP contribution in [0.3, 0.4) is 0 Å². The van der Waals surface area contributed by atoms with Crippen molar-refractivity contribution in [1.29, 1.82) is 0 Å². The zero-order chi connectivity index (χ0) is 12.5. The minimum Gasteiger partial charge on any atom is -0.475 e. The molecule has 0 unspecified atom stereocenters. The fourth-order valence-electron chi connectivity index (χ4n) is 1.54. The van der Waals surface area contributed by atoms with Crippen molar-refractivity contribution in [3.63, 3.8) is 0 Å². The molecule has 5 nitrogen and oxygen atoms in total. The zero-order valence-corrected chi connectivity index (χ0v) is 8.12. The second kappa shape index (κ2) is 4.28. The number of hydrogen-bond donors (Lipinski definition) is 3. The number of nitrogens with two attached hydrogens (primary N) is 1. The van der Waals surface area contributed by atoms with E-state index in [4.69, 9.17) is 15.6 Å². The summed E-state index contributed by atoms with van der Waals surface area (Å²) in [5.41, 5.74) is 5.08. The molecular formula is C8H11F3N2O3. The van der Waals surface area contributed by atoms with Crippen molar-refractivity contribution >= 4 is 11.9 Å². The van der Waals surface area contributed by atoms with Gasteiger partial charge in [-0.2, -0.15) is 13.2 Å². The highest BCUT2D eigenvalue weighted by Gasteiger charge is 2.47. The Morgan fingerprint density at radius 1 is 1.31 bits per heavy atom. The molecule has 0 aromatic carbocycles. The molecule has 2 rings (SSSR count). The highest BCUT2D eigenvalue weighted by Crippen LogP contribution is 2.40. The number of hydrogen-bond acceptors (Lipinski definition) is 3. The van der Waals surface area contributed by atoms with Crippen LogP contribution in [0.15, 0.2) is 0 Å². The summed E-state index contributed by atoms with van der Waals surface area (Å²) in [4.78, 5) is 19.4. The lowest BCUT2D eigenvalue weighted by atomic mass is 10.2. The van der Waals surface area contributed by atoms with Crippen molar-refractivity contribution in [2.24, 2.45) is 11.7 Å². The summed E-state index contributed by atoms with van der Waals surface area (Å²) < 4.78 is 31.7. The molecule has 2 aliphatic rings. The maximum absolute atomic E-state index is 10.6. The highest BCUT2D eigenvalue weighted by atomic mass is 19.4. The number of alkyl halides is 3. The van der Waals surface area contributed by atoms with Crippen LogP contribution in [0.2, 0.25) is 0 Å². The van der Waals surface area contributed by atoms with Gasteiger partial charge in [0.15, 0.2) is 0 Å². The van der Waals surface area contributed by atoms with Crippen molar-refractivity contribution in [2.45, 2.75) is 31.1 Å². The molecule has 92 valence electrons. The summed E-state index contributed by atoms with van der Waals surface area (Å²) in [6.45, 7) is 0. The van der Waals surface area contributed by atoms with E-state index in [0.29, 0.717) is 6.04 Å². The van der Waals surface area contributed by atoms with Crippen LogP contribution in [-0.4, -0.2) is 35.2 Å². The van der Waals surface area contributed by atoms with Crippen LogP contribution < -0.4 is 11.1 Å². The van der Waals surface area contributed by atoms with E-state index in [-0.39, 0.29) is 11.9 Å². The van der Waals surface area contributed by atoms with E-state index in [1.165, 1.54) is 6.42 Å². The first-order chi connectivity index (χ1) is 7.21. The van der Waals surface area contributed by atoms with Gasteiger partial charge in [-0.25, -0.2) is 4.79 Å². The van der Waals surface area contributed by atoms with E-state index in [0.717, 1.165) is 12.3 Å². The second-order valence-electron chi connectivity index (χ2n) is 3.76. The first-order valence-corrected chi connectivity index (χ1v) is 4.57. The van der Waals surface area contributed by atoms with Crippen molar-refractivity contribution in [1.82, 2.24) is 5.32 Å². The Balaban J connectivity index is 0.000000168. The van der Waals surface area contributed by atoms with Gasteiger partial charge in [-0.3, -0.25) is 4.79 Å². The van der Waals surface area contributed by atoms with Gasteiger partial charge in [0, 0.05) is 6.04 Å². The number of carbonyl (C=O) groups excluding carboxylic acids is 1. The van der Waals surface area contributed by atoms with Crippen molar-refractivity contribution < 1.29 is 27.9 Å². The van der Waals surface area contributed by atoms with Crippen LogP contribution >= 0.6 is 0 Å². The van der Waals surface area contributed by atoms with Crippen LogP contribution in [0.5, 0.6) is 0 Å². The number of aliphatic carboxylic acids is 1. The van der Waals surface area contributed by atoms with E-state index in [9.17, 15) is 18.0 Å². The molecule has 1 saturated heterocycles. The topological polar surface area (TPSA) is 92.4 Å². The normalized spacial score (nSPS) is 31.1. The van der Waals surface area contributed by atoms with Crippen LogP contribution in [0.1, 0.15) is 12.8 Å². The third-order valence-electron chi connectivity index (χ3n) is 2.46. The summed E-state index contributed by atoms with van der Waals surface area (Å²) in [5.74, 6) is -2.18. The predicted molar refractivity (Wildman–Crippen MR) is 46.3 cm³/mol. The van der Waals surface area contributed by atoms with Crippen molar-refractivity contribution in [3.8, 4) is 0 Å². The Morgan fingerprint density at radius 2 is 1.81 bits per heavy atom. The summed E-state index contributed by atoms with van der Waals surface area (Å²) >= 11 is 0. The second-order valence-corrected chi connectivity index (χ2v) is 3.76. The average molecular weight is 240 g/mol. The van der Waals surface area contributed by atoms with Gasteiger partial charge in [0.2, 0.25) is 5.91 Å². The number of amides is 1. The molecule has 1 saturated carbocycles. The molecule has 1 amide bonds. The SMILES string of the molecule is NC(=O)[C@@H]1C[C@H]2C[C@@H]2N1.O=C(O)C(F)(F)F. The van der Waals surface area contributed by atoms with E-state index >= 15 is 0 Å². The monoisotopic (exact) mass is 240 g/mol. The average Bonchev–Trinajstić information content (AvgIpc) is 2.72. The smallest absolute Gasteiger partial charge is 0.475 e. The molecule has 16 heavy (non-hydrogen) atoms. The molecule has 1 aliphatic heterocycles. The lowest BCUT2D eigenvalue weighted by molar-refractivity contribution is -0.192. The maximum atomic E-state index is 10.6. The molecule has 2 fully saturated rings. The third kappa shape index (κ3) is 3.37. The third-order valence-corrected chi connectivity index (χ3v) is 2.46. The molecule has 4 N–H and O–H groups in total. The van der Waals surface area contributed by atoms with E-state index < -0.39 is 12.1 Å². The predicted octanol–water partition coefficient (Wildman–Crippen LogP) is -0.145. The number of primary amides is 1. The number of piperidine rings is 1. The first kappa shape index (κ1) is 12.8. The fraction of sp³-hybridized carbons (Fsp3) is 0.750. The van der Waals surface area contributed by atoms with Crippen LogP contribution in [0.4, 0.5) is 13.2 Å². The van der Waals surface area contributed by atoms with Gasteiger partial charge in [0.05, 0.1) is 6.04 Å². The summed E-state index contributed by atoms with van der Waals surface area (Å²) in [7, 11) is 0. The summed E-state index contributed by atoms with van der Waals surface area (Å²) in [5, 5.41) is 10.3. The Hall–Kier alpha value is -1.31. The minimum absolute atomic E-state index is 0.0197. The molecule has 0 bridgehead atoms. The van der Waals surface area contributed by atoms with Gasteiger partial charge in [-0.1, -0.05) is 0 Å². The molecular weight excluding hydrogens is 229 g/mol. The number of carboxylic acids is 1. The number of carboxylic acid groups (broad SMARTS) is 1. The Kier molecular flexibility index (Phi) is 3.41. The Bertz CT molecular complexity index is 295. The lowest BCUT2D eigenvalue weighted by Crippen LogP contribution is -2.38. The molecule has 1 heterocycles. The lowest BCUT2D eigenvalue weighted by Gasteiger charge is -2.06. The molecule has 3 atom stereocenters. The standard InChI is InChI=1S/C6H10N2O.C2HF3O2/c7-6(9)5-2-3-1-4(3)8-5;3-2(4,5)1(6)7/h3-5,8H,1-2H2,(H2,7,9);(H,6,7)/t3-,4+,5+;/m1./s1. The van der Waals surface area contributed by atoms with Crippen LogP contribution in [0.25, 0.3) is 0 Å². The minimum atomic E-state index is -5.08. The van der Waals surface area contributed by atoms with E-state index in [1.807, 2.05) is 0 Å². The largest absolute Gasteiger partial charge is 0.490 e. The quantitative estimate of drug-likeness (QED) is 0.594. The molecule has 1 aliphatic carbocycles. The zero-order valence-electron chi connectivity index (χ0n) is 8.12. The Morgan fingerprint density at radius 3 is 2.00 bits per heavy atom. The Labute approximate surface area is 88.8 Å². The van der Waals surface area contributed by atoms with Crippen LogP contribution in [-0.2, 0) is 9.59 Å². The highest BCUT2D eigenvalue weighted by molar-refractivity contribution is 5.80. The van der Waals surface area contributed by atoms with Gasteiger partial charge in [-0.05, 0) is 18.8 Å². The number of halogens is 3. The van der Waals surface area contributed by atoms with Crippen molar-refractivity contribution in [2.75, 3.05) is 0 Å².